The van der Waals surface area contributed by atoms with Crippen LogP contribution in [-0.2, 0) is 25.4 Å². The minimum Gasteiger partial charge on any atom is -0.339 e. The Bertz CT molecular complexity index is 925. The highest BCUT2D eigenvalue weighted by Gasteiger charge is 2.39. The van der Waals surface area contributed by atoms with Crippen LogP contribution in [0.3, 0.4) is 0 Å². The number of aryl methyl sites for hydroxylation is 1. The zero-order chi connectivity index (χ0) is 18.3. The Kier molecular flexibility index (Phi) is 4.05. The van der Waals surface area contributed by atoms with Gasteiger partial charge in [-0.2, -0.15) is 23.3 Å². The van der Waals surface area contributed by atoms with E-state index in [4.69, 9.17) is 4.52 Å². The maximum absolute atomic E-state index is 13.3. The third-order valence-corrected chi connectivity index (χ3v) is 4.55. The van der Waals surface area contributed by atoms with Gasteiger partial charge in [0, 0.05) is 11.3 Å². The number of rotatable bonds is 3. The number of hydrogen-bond donors (Lipinski definition) is 0. The van der Waals surface area contributed by atoms with Crippen LogP contribution in [0.25, 0.3) is 5.69 Å². The van der Waals surface area contributed by atoms with Gasteiger partial charge in [0.15, 0.2) is 11.5 Å². The highest BCUT2D eigenvalue weighted by atomic mass is 19.4. The Hall–Kier alpha value is -2.64. The van der Waals surface area contributed by atoms with E-state index >= 15 is 0 Å². The van der Waals surface area contributed by atoms with E-state index in [0.717, 1.165) is 18.4 Å². The minimum absolute atomic E-state index is 0.342. The van der Waals surface area contributed by atoms with Gasteiger partial charge in [0.2, 0.25) is 5.89 Å². The molecular weight excluding hydrogens is 345 g/mol. The molecule has 0 N–H and O–H groups in total. The van der Waals surface area contributed by atoms with Crippen LogP contribution in [0.4, 0.5) is 13.2 Å². The SMILES string of the molecule is Cc1noc(Cc2ccc(-n3nc(C(F)(F)F)c4c3CCCC4)cc2)n1. The quantitative estimate of drug-likeness (QED) is 0.705. The molecule has 0 unspecified atom stereocenters. The predicted molar refractivity (Wildman–Crippen MR) is 87.0 cm³/mol. The van der Waals surface area contributed by atoms with E-state index in [2.05, 4.69) is 15.2 Å². The van der Waals surface area contributed by atoms with Gasteiger partial charge in [0.25, 0.3) is 0 Å². The molecule has 4 rings (SSSR count). The first kappa shape index (κ1) is 16.8. The maximum Gasteiger partial charge on any atom is 0.435 e. The molecule has 2 aromatic heterocycles. The molecule has 3 aromatic rings. The highest BCUT2D eigenvalue weighted by molar-refractivity contribution is 5.41. The molecule has 0 aliphatic heterocycles. The first-order valence-corrected chi connectivity index (χ1v) is 8.48. The van der Waals surface area contributed by atoms with Crippen LogP contribution in [-0.4, -0.2) is 19.9 Å². The monoisotopic (exact) mass is 362 g/mol. The van der Waals surface area contributed by atoms with Gasteiger partial charge < -0.3 is 4.52 Å². The zero-order valence-corrected chi connectivity index (χ0v) is 14.2. The summed E-state index contributed by atoms with van der Waals surface area (Å²) in [6.07, 6.45) is -1.26. The fourth-order valence-corrected chi connectivity index (χ4v) is 3.38. The lowest BCUT2D eigenvalue weighted by atomic mass is 9.95. The Morgan fingerprint density at radius 1 is 1.12 bits per heavy atom. The zero-order valence-electron chi connectivity index (χ0n) is 14.2. The second-order valence-electron chi connectivity index (χ2n) is 6.47. The third-order valence-electron chi connectivity index (χ3n) is 4.55. The molecule has 136 valence electrons. The Morgan fingerprint density at radius 2 is 1.85 bits per heavy atom. The largest absolute Gasteiger partial charge is 0.435 e. The topological polar surface area (TPSA) is 56.7 Å². The molecular formula is C18H17F3N4O. The fraction of sp³-hybridized carbons (Fsp3) is 0.389. The lowest BCUT2D eigenvalue weighted by molar-refractivity contribution is -0.142. The van der Waals surface area contributed by atoms with Crippen molar-refractivity contribution in [1.82, 2.24) is 19.9 Å². The molecule has 0 saturated heterocycles. The van der Waals surface area contributed by atoms with E-state index in [0.29, 0.717) is 47.9 Å². The summed E-state index contributed by atoms with van der Waals surface area (Å²) in [4.78, 5) is 4.15. The molecule has 0 fully saturated rings. The van der Waals surface area contributed by atoms with Gasteiger partial charge >= 0.3 is 6.18 Å². The van der Waals surface area contributed by atoms with Gasteiger partial charge in [-0.25, -0.2) is 4.68 Å². The summed E-state index contributed by atoms with van der Waals surface area (Å²) in [6.45, 7) is 1.75. The summed E-state index contributed by atoms with van der Waals surface area (Å²) >= 11 is 0. The molecule has 0 amide bonds. The van der Waals surface area contributed by atoms with Gasteiger partial charge in [0.1, 0.15) is 0 Å². The average Bonchev–Trinajstić information content (AvgIpc) is 3.19. The van der Waals surface area contributed by atoms with Crippen LogP contribution in [0.1, 0.15) is 47.1 Å². The van der Waals surface area contributed by atoms with Crippen molar-refractivity contribution in [1.29, 1.82) is 0 Å². The summed E-state index contributed by atoms with van der Waals surface area (Å²) in [6, 6.07) is 7.25. The van der Waals surface area contributed by atoms with Gasteiger partial charge in [-0.15, -0.1) is 0 Å². The molecule has 2 heterocycles. The van der Waals surface area contributed by atoms with Crippen molar-refractivity contribution in [3.63, 3.8) is 0 Å². The number of aromatic nitrogens is 4. The maximum atomic E-state index is 13.3. The van der Waals surface area contributed by atoms with E-state index in [1.807, 2.05) is 12.1 Å². The number of hydrogen-bond acceptors (Lipinski definition) is 4. The minimum atomic E-state index is -4.43. The molecule has 0 bridgehead atoms. The van der Waals surface area contributed by atoms with Crippen molar-refractivity contribution in [3.05, 3.63) is 58.5 Å². The summed E-state index contributed by atoms with van der Waals surface area (Å²) in [5.41, 5.74) is 1.83. The molecule has 1 aromatic carbocycles. The number of nitrogens with zero attached hydrogens (tertiary/aromatic N) is 4. The summed E-state index contributed by atoms with van der Waals surface area (Å²) in [5.74, 6) is 1.07. The number of fused-ring (bicyclic) bond motifs is 1. The number of alkyl halides is 3. The number of halogens is 3. The molecule has 0 saturated carbocycles. The molecule has 8 heteroatoms. The second kappa shape index (κ2) is 6.26. The standard InChI is InChI=1S/C18H17F3N4O/c1-11-22-16(26-24-11)10-12-6-8-13(9-7-12)25-15-5-3-2-4-14(15)17(23-25)18(19,20)21/h6-9H,2-5,10H2,1H3. The molecule has 0 spiro atoms. The van der Waals surface area contributed by atoms with Gasteiger partial charge in [0.05, 0.1) is 12.1 Å². The van der Waals surface area contributed by atoms with Crippen molar-refractivity contribution in [2.45, 2.75) is 45.2 Å². The highest BCUT2D eigenvalue weighted by Crippen LogP contribution is 2.36. The summed E-state index contributed by atoms with van der Waals surface area (Å²) < 4.78 is 46.5. The van der Waals surface area contributed by atoms with E-state index in [1.165, 1.54) is 4.68 Å². The van der Waals surface area contributed by atoms with Gasteiger partial charge in [-0.3, -0.25) is 0 Å². The van der Waals surface area contributed by atoms with E-state index in [-0.39, 0.29) is 0 Å². The first-order valence-electron chi connectivity index (χ1n) is 8.48. The molecule has 0 atom stereocenters. The van der Waals surface area contributed by atoms with Crippen LogP contribution in [0, 0.1) is 6.92 Å². The molecule has 1 aliphatic carbocycles. The normalized spacial score (nSPS) is 14.5. The van der Waals surface area contributed by atoms with Gasteiger partial charge in [-0.05, 0) is 50.3 Å². The van der Waals surface area contributed by atoms with Crippen LogP contribution >= 0.6 is 0 Å². The van der Waals surface area contributed by atoms with Crippen molar-refractivity contribution >= 4 is 0 Å². The average molecular weight is 362 g/mol. The third kappa shape index (κ3) is 3.11. The van der Waals surface area contributed by atoms with Crippen molar-refractivity contribution in [3.8, 4) is 5.69 Å². The Labute approximate surface area is 147 Å². The smallest absolute Gasteiger partial charge is 0.339 e. The molecule has 26 heavy (non-hydrogen) atoms. The lowest BCUT2D eigenvalue weighted by Gasteiger charge is -2.14. The molecule has 5 nitrogen and oxygen atoms in total. The predicted octanol–water partition coefficient (Wildman–Crippen LogP) is 4.05. The molecule has 1 aliphatic rings. The van der Waals surface area contributed by atoms with Crippen molar-refractivity contribution in [2.75, 3.05) is 0 Å². The number of benzene rings is 1. The van der Waals surface area contributed by atoms with Crippen LogP contribution in [0.5, 0.6) is 0 Å². The van der Waals surface area contributed by atoms with Crippen LogP contribution in [0.15, 0.2) is 28.8 Å². The van der Waals surface area contributed by atoms with E-state index < -0.39 is 11.9 Å². The summed E-state index contributed by atoms with van der Waals surface area (Å²) in [5, 5.41) is 7.65. The Balaban J connectivity index is 1.66. The van der Waals surface area contributed by atoms with Gasteiger partial charge in [-0.1, -0.05) is 17.3 Å². The first-order chi connectivity index (χ1) is 12.4. The van der Waals surface area contributed by atoms with E-state index in [9.17, 15) is 13.2 Å². The van der Waals surface area contributed by atoms with Crippen LogP contribution < -0.4 is 0 Å². The summed E-state index contributed by atoms with van der Waals surface area (Å²) in [7, 11) is 0. The fourth-order valence-electron chi connectivity index (χ4n) is 3.38. The van der Waals surface area contributed by atoms with Crippen LogP contribution in [0.2, 0.25) is 0 Å². The van der Waals surface area contributed by atoms with Crippen molar-refractivity contribution in [2.24, 2.45) is 0 Å². The molecule has 0 radical (unpaired) electrons. The lowest BCUT2D eigenvalue weighted by Crippen LogP contribution is -2.11. The Morgan fingerprint density at radius 3 is 2.50 bits per heavy atom. The van der Waals surface area contributed by atoms with Crippen molar-refractivity contribution < 1.29 is 17.7 Å². The second-order valence-corrected chi connectivity index (χ2v) is 6.47. The van der Waals surface area contributed by atoms with E-state index in [1.54, 1.807) is 19.1 Å².